The summed E-state index contributed by atoms with van der Waals surface area (Å²) in [4.78, 5) is 12.2. The van der Waals surface area contributed by atoms with Gasteiger partial charge in [-0.3, -0.25) is 4.79 Å². The van der Waals surface area contributed by atoms with Crippen molar-refractivity contribution in [2.24, 2.45) is 0 Å². The summed E-state index contributed by atoms with van der Waals surface area (Å²) in [5.41, 5.74) is 4.19. The molecule has 0 heterocycles. The SMILES string of the molecule is Cc1cc(C=O)c(C)c(CSc2ccc(Cl)cc2)c1. The third kappa shape index (κ3) is 3.62. The minimum absolute atomic E-state index is 0.749. The van der Waals surface area contributed by atoms with Crippen molar-refractivity contribution in [3.63, 3.8) is 0 Å². The maximum absolute atomic E-state index is 11.0. The van der Waals surface area contributed by atoms with Crippen molar-refractivity contribution >= 4 is 29.6 Å². The molecule has 98 valence electrons. The van der Waals surface area contributed by atoms with Gasteiger partial charge in [-0.15, -0.1) is 11.8 Å². The summed E-state index contributed by atoms with van der Waals surface area (Å²) in [5.74, 6) is 0.857. The maximum atomic E-state index is 11.0. The van der Waals surface area contributed by atoms with Gasteiger partial charge in [-0.1, -0.05) is 23.2 Å². The standard InChI is InChI=1S/C16H15ClOS/c1-11-7-13(9-18)12(2)14(8-11)10-19-16-5-3-15(17)4-6-16/h3-9H,10H2,1-2H3. The zero-order valence-corrected chi connectivity index (χ0v) is 12.5. The molecular formula is C16H15ClOS. The molecule has 2 aromatic rings. The van der Waals surface area contributed by atoms with Crippen LogP contribution >= 0.6 is 23.4 Å². The van der Waals surface area contributed by atoms with E-state index >= 15 is 0 Å². The molecule has 0 spiro atoms. The zero-order valence-electron chi connectivity index (χ0n) is 10.9. The smallest absolute Gasteiger partial charge is 0.150 e. The lowest BCUT2D eigenvalue weighted by molar-refractivity contribution is 0.112. The van der Waals surface area contributed by atoms with Gasteiger partial charge in [-0.05, 0) is 55.3 Å². The van der Waals surface area contributed by atoms with Crippen LogP contribution in [0.15, 0.2) is 41.3 Å². The quantitative estimate of drug-likeness (QED) is 0.578. The normalized spacial score (nSPS) is 10.5. The van der Waals surface area contributed by atoms with E-state index in [0.717, 1.165) is 33.8 Å². The number of benzene rings is 2. The second-order valence-electron chi connectivity index (χ2n) is 4.50. The van der Waals surface area contributed by atoms with Crippen LogP contribution < -0.4 is 0 Å². The summed E-state index contributed by atoms with van der Waals surface area (Å²) in [6.07, 6.45) is 0.929. The molecule has 0 aromatic heterocycles. The number of halogens is 1. The van der Waals surface area contributed by atoms with Gasteiger partial charge in [-0.25, -0.2) is 0 Å². The highest BCUT2D eigenvalue weighted by Gasteiger charge is 2.06. The van der Waals surface area contributed by atoms with Crippen molar-refractivity contribution in [1.29, 1.82) is 0 Å². The largest absolute Gasteiger partial charge is 0.298 e. The summed E-state index contributed by atoms with van der Waals surface area (Å²) in [5, 5.41) is 0.749. The fourth-order valence-electron chi connectivity index (χ4n) is 1.93. The summed E-state index contributed by atoms with van der Waals surface area (Å²) >= 11 is 7.62. The van der Waals surface area contributed by atoms with Crippen LogP contribution in [-0.2, 0) is 5.75 Å². The van der Waals surface area contributed by atoms with Gasteiger partial charge in [0.05, 0.1) is 0 Å². The number of aldehydes is 1. The molecule has 0 aliphatic heterocycles. The highest BCUT2D eigenvalue weighted by Crippen LogP contribution is 2.27. The first-order valence-electron chi connectivity index (χ1n) is 6.04. The molecule has 0 atom stereocenters. The average molecular weight is 291 g/mol. The summed E-state index contributed by atoms with van der Waals surface area (Å²) < 4.78 is 0. The second-order valence-corrected chi connectivity index (χ2v) is 5.98. The Morgan fingerprint density at radius 1 is 1.16 bits per heavy atom. The molecule has 0 bridgehead atoms. The van der Waals surface area contributed by atoms with E-state index in [1.165, 1.54) is 10.5 Å². The van der Waals surface area contributed by atoms with Crippen LogP contribution in [0, 0.1) is 13.8 Å². The predicted molar refractivity (Wildman–Crippen MR) is 82.3 cm³/mol. The molecule has 0 fully saturated rings. The van der Waals surface area contributed by atoms with Gasteiger partial charge in [0.2, 0.25) is 0 Å². The molecular weight excluding hydrogens is 276 g/mol. The minimum Gasteiger partial charge on any atom is -0.298 e. The van der Waals surface area contributed by atoms with Crippen LogP contribution in [-0.4, -0.2) is 6.29 Å². The lowest BCUT2D eigenvalue weighted by atomic mass is 10.0. The Morgan fingerprint density at radius 3 is 2.47 bits per heavy atom. The van der Waals surface area contributed by atoms with Gasteiger partial charge >= 0.3 is 0 Å². The first-order valence-corrected chi connectivity index (χ1v) is 7.40. The van der Waals surface area contributed by atoms with Crippen molar-refractivity contribution in [2.75, 3.05) is 0 Å². The van der Waals surface area contributed by atoms with Gasteiger partial charge in [0.15, 0.2) is 0 Å². The fraction of sp³-hybridized carbons (Fsp3) is 0.188. The first kappa shape index (κ1) is 14.2. The molecule has 2 aromatic carbocycles. The van der Waals surface area contributed by atoms with E-state index in [2.05, 4.69) is 6.07 Å². The van der Waals surface area contributed by atoms with E-state index in [9.17, 15) is 4.79 Å². The van der Waals surface area contributed by atoms with E-state index in [1.54, 1.807) is 11.8 Å². The van der Waals surface area contributed by atoms with Crippen LogP contribution in [0.3, 0.4) is 0 Å². The van der Waals surface area contributed by atoms with Gasteiger partial charge in [0.25, 0.3) is 0 Å². The molecule has 19 heavy (non-hydrogen) atoms. The molecule has 0 aliphatic carbocycles. The molecule has 0 amide bonds. The first-order chi connectivity index (χ1) is 9.10. The lowest BCUT2D eigenvalue weighted by Crippen LogP contribution is -1.95. The highest BCUT2D eigenvalue weighted by atomic mass is 35.5. The van der Waals surface area contributed by atoms with Crippen molar-refractivity contribution in [3.8, 4) is 0 Å². The van der Waals surface area contributed by atoms with Crippen LogP contribution in [0.4, 0.5) is 0 Å². The lowest BCUT2D eigenvalue weighted by Gasteiger charge is -2.09. The number of hydrogen-bond donors (Lipinski definition) is 0. The molecule has 0 unspecified atom stereocenters. The topological polar surface area (TPSA) is 17.1 Å². The molecule has 0 radical (unpaired) electrons. The third-order valence-corrected chi connectivity index (χ3v) is 4.35. The molecule has 1 nitrogen and oxygen atoms in total. The van der Waals surface area contributed by atoms with E-state index in [4.69, 9.17) is 11.6 Å². The van der Waals surface area contributed by atoms with Crippen LogP contribution in [0.25, 0.3) is 0 Å². The number of carbonyl (C=O) groups is 1. The minimum atomic E-state index is 0.749. The zero-order chi connectivity index (χ0) is 13.8. The van der Waals surface area contributed by atoms with Crippen LogP contribution in [0.2, 0.25) is 5.02 Å². The monoisotopic (exact) mass is 290 g/mol. The number of thioether (sulfide) groups is 1. The molecule has 2 rings (SSSR count). The van der Waals surface area contributed by atoms with E-state index < -0.39 is 0 Å². The van der Waals surface area contributed by atoms with Crippen molar-refractivity contribution in [1.82, 2.24) is 0 Å². The Balaban J connectivity index is 2.17. The summed E-state index contributed by atoms with van der Waals surface area (Å²) in [6, 6.07) is 11.9. The van der Waals surface area contributed by atoms with Crippen LogP contribution in [0.1, 0.15) is 27.0 Å². The Morgan fingerprint density at radius 2 is 1.84 bits per heavy atom. The Hall–Kier alpha value is -1.25. The van der Waals surface area contributed by atoms with Gasteiger partial charge in [-0.2, -0.15) is 0 Å². The van der Waals surface area contributed by atoms with Crippen molar-refractivity contribution < 1.29 is 4.79 Å². The highest BCUT2D eigenvalue weighted by molar-refractivity contribution is 7.98. The number of rotatable bonds is 4. The maximum Gasteiger partial charge on any atom is 0.150 e. The number of carbonyl (C=O) groups excluding carboxylic acids is 1. The molecule has 0 saturated heterocycles. The molecule has 0 N–H and O–H groups in total. The van der Waals surface area contributed by atoms with Gasteiger partial charge < -0.3 is 0 Å². The van der Waals surface area contributed by atoms with E-state index in [-0.39, 0.29) is 0 Å². The van der Waals surface area contributed by atoms with Crippen molar-refractivity contribution in [2.45, 2.75) is 24.5 Å². The average Bonchev–Trinajstić information content (AvgIpc) is 2.41. The van der Waals surface area contributed by atoms with Crippen molar-refractivity contribution in [3.05, 3.63) is 63.7 Å². The fourth-order valence-corrected chi connectivity index (χ4v) is 3.00. The number of aryl methyl sites for hydroxylation is 1. The molecule has 0 saturated carbocycles. The summed E-state index contributed by atoms with van der Waals surface area (Å²) in [7, 11) is 0. The molecule has 0 aliphatic rings. The predicted octanol–water partition coefficient (Wildman–Crippen LogP) is 5.06. The summed E-state index contributed by atoms with van der Waals surface area (Å²) in [6.45, 7) is 4.02. The van der Waals surface area contributed by atoms with E-state index in [0.29, 0.717) is 0 Å². The Kier molecular flexibility index (Phi) is 4.67. The Bertz CT molecular complexity index is 590. The second kappa shape index (κ2) is 6.27. The molecule has 3 heteroatoms. The van der Waals surface area contributed by atoms with Crippen LogP contribution in [0.5, 0.6) is 0 Å². The number of hydrogen-bond acceptors (Lipinski definition) is 2. The Labute approximate surface area is 123 Å². The van der Waals surface area contributed by atoms with E-state index in [1.807, 2.05) is 44.2 Å². The third-order valence-electron chi connectivity index (χ3n) is 3.03. The van der Waals surface area contributed by atoms with Gasteiger partial charge in [0, 0.05) is 21.2 Å². The van der Waals surface area contributed by atoms with Gasteiger partial charge in [0.1, 0.15) is 6.29 Å².